The molecular weight excluding hydrogens is 296 g/mol. The van der Waals surface area contributed by atoms with E-state index >= 15 is 0 Å². The van der Waals surface area contributed by atoms with E-state index in [-0.39, 0.29) is 5.75 Å². The average molecular weight is 312 g/mol. The first kappa shape index (κ1) is 13.5. The number of rotatable bonds is 2. The zero-order chi connectivity index (χ0) is 14.9. The molecule has 0 spiro atoms. The van der Waals surface area contributed by atoms with Crippen molar-refractivity contribution in [3.05, 3.63) is 42.5 Å². The van der Waals surface area contributed by atoms with Crippen LogP contribution in [-0.4, -0.2) is 36.4 Å². The van der Waals surface area contributed by atoms with Gasteiger partial charge in [-0.2, -0.15) is 0 Å². The van der Waals surface area contributed by atoms with Gasteiger partial charge < -0.3 is 14.7 Å². The van der Waals surface area contributed by atoms with Crippen LogP contribution in [0.2, 0.25) is 0 Å². The number of morpholine rings is 1. The van der Waals surface area contributed by atoms with Crippen molar-refractivity contribution in [3.63, 3.8) is 0 Å². The second kappa shape index (κ2) is 5.59. The second-order valence-electron chi connectivity index (χ2n) is 5.29. The normalized spacial score (nSPS) is 15.4. The lowest BCUT2D eigenvalue weighted by Crippen LogP contribution is -2.36. The quantitative estimate of drug-likeness (QED) is 0.786. The molecule has 0 bridgehead atoms. The first-order chi connectivity index (χ1) is 10.8. The lowest BCUT2D eigenvalue weighted by molar-refractivity contribution is 0.122. The Balaban J connectivity index is 1.70. The first-order valence-corrected chi connectivity index (χ1v) is 8.14. The molecule has 1 fully saturated rings. The minimum atomic E-state index is 0.281. The molecule has 112 valence electrons. The molecule has 1 N–H and O–H groups in total. The smallest absolute Gasteiger partial charge is 0.128 e. The summed E-state index contributed by atoms with van der Waals surface area (Å²) in [4.78, 5) is 6.84. The van der Waals surface area contributed by atoms with E-state index in [1.807, 2.05) is 36.4 Å². The predicted molar refractivity (Wildman–Crippen MR) is 89.8 cm³/mol. The van der Waals surface area contributed by atoms with Crippen molar-refractivity contribution in [2.75, 3.05) is 31.2 Å². The van der Waals surface area contributed by atoms with E-state index in [2.05, 4.69) is 16.0 Å². The maximum absolute atomic E-state index is 10.4. The minimum absolute atomic E-state index is 0.281. The molecule has 1 aliphatic rings. The third-order valence-corrected chi connectivity index (χ3v) is 4.95. The van der Waals surface area contributed by atoms with Gasteiger partial charge in [-0.25, -0.2) is 4.98 Å². The van der Waals surface area contributed by atoms with Crippen LogP contribution in [0.3, 0.4) is 0 Å². The van der Waals surface area contributed by atoms with E-state index < -0.39 is 0 Å². The first-order valence-electron chi connectivity index (χ1n) is 7.33. The highest BCUT2D eigenvalue weighted by Gasteiger charge is 2.15. The highest BCUT2D eigenvalue weighted by Crippen LogP contribution is 2.37. The summed E-state index contributed by atoms with van der Waals surface area (Å²) in [5.74, 6) is 0.281. The molecule has 2 heterocycles. The SMILES string of the molecule is Oc1cc(N2CCOCC2)ccc1-c1nc2ccccc2s1. The highest BCUT2D eigenvalue weighted by molar-refractivity contribution is 7.21. The summed E-state index contributed by atoms with van der Waals surface area (Å²) in [7, 11) is 0. The maximum atomic E-state index is 10.4. The molecule has 4 rings (SSSR count). The van der Waals surface area contributed by atoms with Gasteiger partial charge in [-0.3, -0.25) is 0 Å². The maximum Gasteiger partial charge on any atom is 0.128 e. The predicted octanol–water partition coefficient (Wildman–Crippen LogP) is 3.51. The lowest BCUT2D eigenvalue weighted by atomic mass is 10.1. The molecule has 0 aliphatic carbocycles. The molecule has 1 saturated heterocycles. The van der Waals surface area contributed by atoms with Gasteiger partial charge >= 0.3 is 0 Å². The number of phenols is 1. The van der Waals surface area contributed by atoms with E-state index in [0.29, 0.717) is 0 Å². The molecule has 0 amide bonds. The van der Waals surface area contributed by atoms with Crippen molar-refractivity contribution in [2.45, 2.75) is 0 Å². The van der Waals surface area contributed by atoms with Crippen molar-refractivity contribution in [3.8, 4) is 16.3 Å². The summed E-state index contributed by atoms with van der Waals surface area (Å²) in [6.07, 6.45) is 0. The number of thiazole rings is 1. The Morgan fingerprint density at radius 3 is 2.68 bits per heavy atom. The molecule has 5 heteroatoms. The molecule has 1 aromatic heterocycles. The van der Waals surface area contributed by atoms with Gasteiger partial charge in [-0.1, -0.05) is 12.1 Å². The number of benzene rings is 2. The zero-order valence-electron chi connectivity index (χ0n) is 12.0. The van der Waals surface area contributed by atoms with Gasteiger partial charge in [-0.05, 0) is 24.3 Å². The number of nitrogens with zero attached hydrogens (tertiary/aromatic N) is 2. The van der Waals surface area contributed by atoms with Crippen LogP contribution >= 0.6 is 11.3 Å². The van der Waals surface area contributed by atoms with Crippen LogP contribution in [0.4, 0.5) is 5.69 Å². The van der Waals surface area contributed by atoms with E-state index in [9.17, 15) is 5.11 Å². The van der Waals surface area contributed by atoms with Crippen LogP contribution in [0, 0.1) is 0 Å². The molecule has 3 aromatic rings. The Bertz CT molecular complexity index is 776. The van der Waals surface area contributed by atoms with E-state index in [1.165, 1.54) is 0 Å². The zero-order valence-corrected chi connectivity index (χ0v) is 12.8. The second-order valence-corrected chi connectivity index (χ2v) is 6.32. The summed E-state index contributed by atoms with van der Waals surface area (Å²) in [5.41, 5.74) is 2.79. The molecule has 22 heavy (non-hydrogen) atoms. The van der Waals surface area contributed by atoms with Crippen LogP contribution < -0.4 is 4.90 Å². The van der Waals surface area contributed by atoms with Crippen molar-refractivity contribution < 1.29 is 9.84 Å². The summed E-state index contributed by atoms with van der Waals surface area (Å²) in [6.45, 7) is 3.20. The number of aromatic hydroxyl groups is 1. The highest BCUT2D eigenvalue weighted by atomic mass is 32.1. The molecule has 1 aliphatic heterocycles. The Morgan fingerprint density at radius 1 is 1.09 bits per heavy atom. The van der Waals surface area contributed by atoms with Crippen LogP contribution in [-0.2, 0) is 4.74 Å². The lowest BCUT2D eigenvalue weighted by Gasteiger charge is -2.29. The summed E-state index contributed by atoms with van der Waals surface area (Å²) < 4.78 is 6.50. The molecule has 4 nitrogen and oxygen atoms in total. The monoisotopic (exact) mass is 312 g/mol. The standard InChI is InChI=1S/C17H16N2O2S/c20-15-11-12(19-7-9-21-10-8-19)5-6-13(15)17-18-14-3-1-2-4-16(14)22-17/h1-6,11,20H,7-10H2. The third kappa shape index (κ3) is 2.42. The van der Waals surface area contributed by atoms with Crippen LogP contribution in [0.1, 0.15) is 0 Å². The Labute approximate surface area is 132 Å². The largest absolute Gasteiger partial charge is 0.507 e. The molecular formula is C17H16N2O2S. The molecule has 0 radical (unpaired) electrons. The van der Waals surface area contributed by atoms with Crippen molar-refractivity contribution in [1.29, 1.82) is 0 Å². The number of ether oxygens (including phenoxy) is 1. The average Bonchev–Trinajstić information content (AvgIpc) is 2.99. The molecule has 0 unspecified atom stereocenters. The van der Waals surface area contributed by atoms with E-state index in [4.69, 9.17) is 4.74 Å². The Hall–Kier alpha value is -2.11. The fraction of sp³-hybridized carbons (Fsp3) is 0.235. The number of phenolic OH excluding ortho intramolecular Hbond substituents is 1. The van der Waals surface area contributed by atoms with Crippen LogP contribution in [0.25, 0.3) is 20.8 Å². The van der Waals surface area contributed by atoms with Gasteiger partial charge in [0.15, 0.2) is 0 Å². The van der Waals surface area contributed by atoms with Gasteiger partial charge in [0, 0.05) is 24.8 Å². The Kier molecular flexibility index (Phi) is 3.44. The topological polar surface area (TPSA) is 45.6 Å². The van der Waals surface area contributed by atoms with Gasteiger partial charge in [0.05, 0.1) is 29.0 Å². The number of hydrogen-bond donors (Lipinski definition) is 1. The van der Waals surface area contributed by atoms with E-state index in [1.54, 1.807) is 11.3 Å². The minimum Gasteiger partial charge on any atom is -0.507 e. The molecule has 2 aromatic carbocycles. The van der Waals surface area contributed by atoms with Crippen LogP contribution in [0.15, 0.2) is 42.5 Å². The third-order valence-electron chi connectivity index (χ3n) is 3.88. The van der Waals surface area contributed by atoms with Crippen molar-refractivity contribution >= 4 is 27.2 Å². The summed E-state index contributed by atoms with van der Waals surface area (Å²) >= 11 is 1.60. The summed E-state index contributed by atoms with van der Waals surface area (Å²) in [6, 6.07) is 13.9. The van der Waals surface area contributed by atoms with Crippen molar-refractivity contribution in [2.24, 2.45) is 0 Å². The fourth-order valence-electron chi connectivity index (χ4n) is 2.71. The van der Waals surface area contributed by atoms with Gasteiger partial charge in [0.2, 0.25) is 0 Å². The van der Waals surface area contributed by atoms with E-state index in [0.717, 1.165) is 52.8 Å². The molecule has 0 saturated carbocycles. The van der Waals surface area contributed by atoms with Crippen molar-refractivity contribution in [1.82, 2.24) is 4.98 Å². The number of aromatic nitrogens is 1. The van der Waals surface area contributed by atoms with Gasteiger partial charge in [0.25, 0.3) is 0 Å². The Morgan fingerprint density at radius 2 is 1.91 bits per heavy atom. The van der Waals surface area contributed by atoms with Crippen LogP contribution in [0.5, 0.6) is 5.75 Å². The number of anilines is 1. The van der Waals surface area contributed by atoms with Gasteiger partial charge in [0.1, 0.15) is 10.8 Å². The molecule has 0 atom stereocenters. The van der Waals surface area contributed by atoms with Gasteiger partial charge in [-0.15, -0.1) is 11.3 Å². The fourth-order valence-corrected chi connectivity index (χ4v) is 3.71. The number of hydrogen-bond acceptors (Lipinski definition) is 5. The number of fused-ring (bicyclic) bond motifs is 1. The number of para-hydroxylation sites is 1. The summed E-state index contributed by atoms with van der Waals surface area (Å²) in [5, 5.41) is 11.3.